The average Bonchev–Trinajstić information content (AvgIpc) is 2.86. The van der Waals surface area contributed by atoms with E-state index in [2.05, 4.69) is 4.72 Å². The quantitative estimate of drug-likeness (QED) is 0.875. The summed E-state index contributed by atoms with van der Waals surface area (Å²) in [7, 11) is -2.05. The van der Waals surface area contributed by atoms with Crippen molar-refractivity contribution in [2.24, 2.45) is 0 Å². The molecule has 0 amide bonds. The summed E-state index contributed by atoms with van der Waals surface area (Å²) in [6, 6.07) is 7.44. The molecule has 0 aliphatic carbocycles. The molecule has 0 unspecified atom stereocenters. The van der Waals surface area contributed by atoms with Crippen LogP contribution in [0.4, 0.5) is 5.69 Å². The molecule has 7 nitrogen and oxygen atoms in total. The number of anilines is 1. The summed E-state index contributed by atoms with van der Waals surface area (Å²) in [6.45, 7) is 0. The van der Waals surface area contributed by atoms with Crippen molar-refractivity contribution in [1.29, 1.82) is 0 Å². The van der Waals surface area contributed by atoms with Crippen LogP contribution < -0.4 is 9.46 Å². The number of hydrogen-bond acceptors (Lipinski definition) is 5. The lowest BCUT2D eigenvalue weighted by Gasteiger charge is -2.10. The van der Waals surface area contributed by atoms with E-state index in [4.69, 9.17) is 14.3 Å². The van der Waals surface area contributed by atoms with Crippen molar-refractivity contribution in [2.45, 2.75) is 0 Å². The molecule has 21 heavy (non-hydrogen) atoms. The summed E-state index contributed by atoms with van der Waals surface area (Å²) >= 11 is 0. The molecule has 0 aliphatic heterocycles. The van der Waals surface area contributed by atoms with Gasteiger partial charge in [-0.1, -0.05) is 0 Å². The van der Waals surface area contributed by atoms with Gasteiger partial charge in [-0.3, -0.25) is 4.72 Å². The van der Waals surface area contributed by atoms with E-state index in [-0.39, 0.29) is 17.2 Å². The number of benzene rings is 1. The van der Waals surface area contributed by atoms with Gasteiger partial charge in [-0.15, -0.1) is 0 Å². The van der Waals surface area contributed by atoms with Crippen LogP contribution >= 0.6 is 0 Å². The summed E-state index contributed by atoms with van der Waals surface area (Å²) < 4.78 is 35.4. The third-order valence-electron chi connectivity index (χ3n) is 2.60. The van der Waals surface area contributed by atoms with Crippen molar-refractivity contribution in [3.63, 3.8) is 0 Å². The largest absolute Gasteiger partial charge is 0.497 e. The summed E-state index contributed by atoms with van der Waals surface area (Å²) in [4.78, 5) is 10.8. The van der Waals surface area contributed by atoms with Crippen LogP contribution in [-0.4, -0.2) is 32.9 Å². The van der Waals surface area contributed by atoms with E-state index >= 15 is 0 Å². The summed E-state index contributed by atoms with van der Waals surface area (Å²) in [6.07, 6.45) is 1.01. The molecular formula is C13H13NO6S. The fourth-order valence-corrected chi connectivity index (χ4v) is 2.32. The topological polar surface area (TPSA) is 106 Å². The second kappa shape index (κ2) is 5.49. The van der Waals surface area contributed by atoms with Gasteiger partial charge in [0.1, 0.15) is 11.5 Å². The molecule has 0 aliphatic rings. The number of furan rings is 1. The maximum atomic E-state index is 11.4. The van der Waals surface area contributed by atoms with Gasteiger partial charge in [-0.05, 0) is 24.3 Å². The molecule has 0 spiro atoms. The third kappa shape index (κ3) is 3.54. The van der Waals surface area contributed by atoms with Gasteiger partial charge in [0.15, 0.2) is 0 Å². The van der Waals surface area contributed by atoms with Crippen LogP contribution in [0.25, 0.3) is 11.3 Å². The molecule has 0 saturated carbocycles. The van der Waals surface area contributed by atoms with Gasteiger partial charge >= 0.3 is 5.97 Å². The second-order valence-electron chi connectivity index (χ2n) is 4.25. The minimum absolute atomic E-state index is 0.230. The molecule has 2 rings (SSSR count). The van der Waals surface area contributed by atoms with Crippen LogP contribution in [-0.2, 0) is 10.0 Å². The van der Waals surface area contributed by atoms with Crippen molar-refractivity contribution >= 4 is 21.7 Å². The molecule has 2 aromatic rings. The van der Waals surface area contributed by atoms with E-state index in [1.807, 2.05) is 0 Å². The molecule has 0 fully saturated rings. The van der Waals surface area contributed by atoms with Crippen LogP contribution in [0.2, 0.25) is 0 Å². The summed E-state index contributed by atoms with van der Waals surface area (Å²) in [5.74, 6) is -0.741. The number of hydrogen-bond donors (Lipinski definition) is 2. The monoisotopic (exact) mass is 311 g/mol. The lowest BCUT2D eigenvalue weighted by atomic mass is 10.1. The molecular weight excluding hydrogens is 298 g/mol. The van der Waals surface area contributed by atoms with E-state index < -0.39 is 16.0 Å². The number of carbonyl (C=O) groups is 1. The van der Waals surface area contributed by atoms with Crippen molar-refractivity contribution in [3.05, 3.63) is 36.1 Å². The Labute approximate surface area is 121 Å². The first-order chi connectivity index (χ1) is 9.80. The van der Waals surface area contributed by atoms with Gasteiger partial charge in [0.05, 0.1) is 19.1 Å². The minimum atomic E-state index is -3.51. The SMILES string of the molecule is COc1ccc(-c2ccc(C(=O)O)o2)c(NS(C)(=O)=O)c1. The van der Waals surface area contributed by atoms with Gasteiger partial charge in [0, 0.05) is 11.6 Å². The highest BCUT2D eigenvalue weighted by molar-refractivity contribution is 7.92. The predicted molar refractivity (Wildman–Crippen MR) is 76.1 cm³/mol. The molecule has 8 heteroatoms. The Bertz CT molecular complexity index is 778. The van der Waals surface area contributed by atoms with Crippen molar-refractivity contribution in [2.75, 3.05) is 18.1 Å². The third-order valence-corrected chi connectivity index (χ3v) is 3.20. The first kappa shape index (κ1) is 14.9. The standard InChI is InChI=1S/C13H13NO6S/c1-19-8-3-4-9(10(7-8)14-21(2,17)18)11-5-6-12(20-11)13(15)16/h3-7,14H,1-2H3,(H,15,16). The Morgan fingerprint density at radius 3 is 2.52 bits per heavy atom. The lowest BCUT2D eigenvalue weighted by Crippen LogP contribution is -2.10. The Morgan fingerprint density at radius 2 is 2.00 bits per heavy atom. The van der Waals surface area contributed by atoms with Crippen molar-refractivity contribution in [1.82, 2.24) is 0 Å². The highest BCUT2D eigenvalue weighted by atomic mass is 32.2. The zero-order chi connectivity index (χ0) is 15.6. The first-order valence-corrected chi connectivity index (χ1v) is 7.68. The Hall–Kier alpha value is -2.48. The number of aromatic carboxylic acids is 1. The summed E-state index contributed by atoms with van der Waals surface area (Å²) in [5, 5.41) is 8.86. The van der Waals surface area contributed by atoms with Crippen LogP contribution in [0.1, 0.15) is 10.6 Å². The number of sulfonamides is 1. The van der Waals surface area contributed by atoms with Gasteiger partial charge in [-0.25, -0.2) is 13.2 Å². The van der Waals surface area contributed by atoms with Crippen LogP contribution in [0.5, 0.6) is 5.75 Å². The molecule has 1 aromatic heterocycles. The molecule has 1 aromatic carbocycles. The fourth-order valence-electron chi connectivity index (χ4n) is 1.75. The molecule has 1 heterocycles. The van der Waals surface area contributed by atoms with E-state index in [0.717, 1.165) is 6.26 Å². The van der Waals surface area contributed by atoms with Crippen molar-refractivity contribution < 1.29 is 27.5 Å². The first-order valence-electron chi connectivity index (χ1n) is 5.79. The second-order valence-corrected chi connectivity index (χ2v) is 6.00. The zero-order valence-electron chi connectivity index (χ0n) is 11.3. The van der Waals surface area contributed by atoms with E-state index in [1.165, 1.54) is 25.3 Å². The van der Waals surface area contributed by atoms with Crippen molar-refractivity contribution in [3.8, 4) is 17.1 Å². The van der Waals surface area contributed by atoms with E-state index in [9.17, 15) is 13.2 Å². The zero-order valence-corrected chi connectivity index (χ0v) is 12.1. The maximum absolute atomic E-state index is 11.4. The van der Waals surface area contributed by atoms with Crippen LogP contribution in [0, 0.1) is 0 Å². The van der Waals surface area contributed by atoms with E-state index in [0.29, 0.717) is 11.3 Å². The minimum Gasteiger partial charge on any atom is -0.497 e. The number of carboxylic acids is 1. The normalized spacial score (nSPS) is 11.1. The molecule has 0 bridgehead atoms. The Morgan fingerprint density at radius 1 is 1.29 bits per heavy atom. The van der Waals surface area contributed by atoms with Gasteiger partial charge in [0.2, 0.25) is 15.8 Å². The number of ether oxygens (including phenoxy) is 1. The average molecular weight is 311 g/mol. The van der Waals surface area contributed by atoms with Gasteiger partial charge < -0.3 is 14.3 Å². The number of rotatable bonds is 5. The highest BCUT2D eigenvalue weighted by Crippen LogP contribution is 2.33. The summed E-state index contributed by atoms with van der Waals surface area (Å²) in [5.41, 5.74) is 0.650. The fraction of sp³-hybridized carbons (Fsp3) is 0.154. The molecule has 0 radical (unpaired) electrons. The van der Waals surface area contributed by atoms with E-state index in [1.54, 1.807) is 12.1 Å². The lowest BCUT2D eigenvalue weighted by molar-refractivity contribution is 0.0663. The molecule has 2 N–H and O–H groups in total. The number of carboxylic acid groups (broad SMARTS) is 1. The molecule has 0 atom stereocenters. The number of nitrogens with one attached hydrogen (secondary N) is 1. The smallest absolute Gasteiger partial charge is 0.371 e. The molecule has 112 valence electrons. The maximum Gasteiger partial charge on any atom is 0.371 e. The van der Waals surface area contributed by atoms with Gasteiger partial charge in [0.25, 0.3) is 0 Å². The van der Waals surface area contributed by atoms with Crippen LogP contribution in [0.15, 0.2) is 34.7 Å². The predicted octanol–water partition coefficient (Wildman–Crippen LogP) is 2.02. The highest BCUT2D eigenvalue weighted by Gasteiger charge is 2.16. The van der Waals surface area contributed by atoms with Crippen LogP contribution in [0.3, 0.4) is 0 Å². The Balaban J connectivity index is 2.53. The Kier molecular flexibility index (Phi) is 3.90. The van der Waals surface area contributed by atoms with Gasteiger partial charge in [-0.2, -0.15) is 0 Å². The molecule has 0 saturated heterocycles. The number of methoxy groups -OCH3 is 1.